The largest absolute Gasteiger partial charge is 0.389 e. The first-order valence-electron chi connectivity index (χ1n) is 9.81. The molecular weight excluding hydrogens is 445 g/mol. The molecule has 3 aromatic rings. The standard InChI is InChI=1S/C20H21F3N6O2S/c1-29-17(14-7-11(23)12(24)5-6-31-14)13(8-26-29)27-19(30)16-18(25)32-20(28-16)15-9(21)3-2-4-10(15)22/h2-4,8,11-12,14H,5-7,24-25H2,1H3,(H,27,30)/t11-,12-,14+/m0/s1. The lowest BCUT2D eigenvalue weighted by atomic mass is 10.0. The molecule has 1 aliphatic heterocycles. The number of nitrogen functional groups attached to an aromatic ring is 1. The maximum Gasteiger partial charge on any atom is 0.277 e. The van der Waals surface area contributed by atoms with Crippen molar-refractivity contribution in [1.82, 2.24) is 14.8 Å². The van der Waals surface area contributed by atoms with Crippen LogP contribution in [0, 0.1) is 11.6 Å². The van der Waals surface area contributed by atoms with Gasteiger partial charge < -0.3 is 21.5 Å². The van der Waals surface area contributed by atoms with Gasteiger partial charge >= 0.3 is 0 Å². The van der Waals surface area contributed by atoms with Crippen molar-refractivity contribution in [3.05, 3.63) is 47.4 Å². The number of alkyl halides is 1. The molecule has 3 atom stereocenters. The summed E-state index contributed by atoms with van der Waals surface area (Å²) in [6.45, 7) is 0.265. The number of nitrogens with two attached hydrogens (primary N) is 2. The maximum absolute atomic E-state index is 14.3. The fourth-order valence-electron chi connectivity index (χ4n) is 3.58. The molecular formula is C20H21F3N6O2S. The molecule has 3 heterocycles. The smallest absolute Gasteiger partial charge is 0.277 e. The number of carbonyl (C=O) groups excluding carboxylic acids is 1. The maximum atomic E-state index is 14.3. The zero-order valence-corrected chi connectivity index (χ0v) is 17.8. The van der Waals surface area contributed by atoms with Crippen LogP contribution in [0.2, 0.25) is 0 Å². The van der Waals surface area contributed by atoms with Crippen LogP contribution >= 0.6 is 11.3 Å². The number of benzene rings is 1. The molecule has 5 N–H and O–H groups in total. The van der Waals surface area contributed by atoms with Crippen molar-refractivity contribution in [2.45, 2.75) is 31.2 Å². The van der Waals surface area contributed by atoms with Gasteiger partial charge in [0.2, 0.25) is 0 Å². The Morgan fingerprint density at radius 2 is 2.06 bits per heavy atom. The van der Waals surface area contributed by atoms with E-state index in [9.17, 15) is 18.0 Å². The number of anilines is 2. The Morgan fingerprint density at radius 1 is 1.34 bits per heavy atom. The number of ether oxygens (including phenoxy) is 1. The number of aryl methyl sites for hydroxylation is 1. The second-order valence-corrected chi connectivity index (χ2v) is 8.44. The SMILES string of the molecule is Cn1ncc(NC(=O)c2nc(-c3c(F)cccc3F)sc2N)c1[C@H]1C[C@H](F)[C@@H](N)CCO1. The van der Waals surface area contributed by atoms with E-state index in [2.05, 4.69) is 15.4 Å². The van der Waals surface area contributed by atoms with Crippen LogP contribution in [0.4, 0.5) is 23.9 Å². The van der Waals surface area contributed by atoms with Crippen molar-refractivity contribution in [1.29, 1.82) is 0 Å². The predicted octanol–water partition coefficient (Wildman–Crippen LogP) is 3.17. The molecule has 1 fully saturated rings. The van der Waals surface area contributed by atoms with Crippen LogP contribution in [-0.4, -0.2) is 39.5 Å². The highest BCUT2D eigenvalue weighted by molar-refractivity contribution is 7.19. The van der Waals surface area contributed by atoms with Crippen LogP contribution in [0.1, 0.15) is 35.1 Å². The highest BCUT2D eigenvalue weighted by Gasteiger charge is 2.31. The monoisotopic (exact) mass is 466 g/mol. The third kappa shape index (κ3) is 4.20. The van der Waals surface area contributed by atoms with Crippen LogP contribution in [-0.2, 0) is 11.8 Å². The molecule has 1 amide bonds. The highest BCUT2D eigenvalue weighted by Crippen LogP contribution is 2.35. The van der Waals surface area contributed by atoms with E-state index in [4.69, 9.17) is 16.2 Å². The van der Waals surface area contributed by atoms with Crippen LogP contribution in [0.5, 0.6) is 0 Å². The van der Waals surface area contributed by atoms with E-state index in [1.807, 2.05) is 0 Å². The van der Waals surface area contributed by atoms with Gasteiger partial charge in [0, 0.05) is 26.1 Å². The third-order valence-corrected chi connectivity index (χ3v) is 6.16. The van der Waals surface area contributed by atoms with Gasteiger partial charge in [-0.15, -0.1) is 0 Å². The average molecular weight is 466 g/mol. The fourth-order valence-corrected chi connectivity index (χ4v) is 4.45. The van der Waals surface area contributed by atoms with E-state index in [0.29, 0.717) is 12.1 Å². The van der Waals surface area contributed by atoms with Crippen molar-refractivity contribution in [3.63, 3.8) is 0 Å². The summed E-state index contributed by atoms with van der Waals surface area (Å²) in [5.41, 5.74) is 11.9. The minimum atomic E-state index is -1.27. The van der Waals surface area contributed by atoms with Crippen molar-refractivity contribution in [2.75, 3.05) is 17.7 Å². The van der Waals surface area contributed by atoms with Crippen molar-refractivity contribution in [2.24, 2.45) is 12.8 Å². The summed E-state index contributed by atoms with van der Waals surface area (Å²) in [6, 6.07) is 2.79. The first kappa shape index (κ1) is 22.2. The molecule has 8 nitrogen and oxygen atoms in total. The minimum Gasteiger partial charge on any atom is -0.389 e. The van der Waals surface area contributed by atoms with Gasteiger partial charge in [0.05, 0.1) is 23.1 Å². The Hall–Kier alpha value is -2.96. The minimum absolute atomic E-state index is 0.00824. The molecule has 4 rings (SSSR count). The van der Waals surface area contributed by atoms with E-state index in [0.717, 1.165) is 23.5 Å². The molecule has 0 bridgehead atoms. The molecule has 0 spiro atoms. The van der Waals surface area contributed by atoms with Gasteiger partial charge in [0.15, 0.2) is 5.69 Å². The first-order chi connectivity index (χ1) is 15.3. The molecule has 0 radical (unpaired) electrons. The number of amides is 1. The Morgan fingerprint density at radius 3 is 2.78 bits per heavy atom. The summed E-state index contributed by atoms with van der Waals surface area (Å²) in [6.07, 6.45) is -0.152. The molecule has 1 saturated heterocycles. The number of hydrogen-bond donors (Lipinski definition) is 3. The van der Waals surface area contributed by atoms with E-state index >= 15 is 0 Å². The summed E-state index contributed by atoms with van der Waals surface area (Å²) < 4.78 is 49.8. The Labute approximate surface area is 185 Å². The van der Waals surface area contributed by atoms with Gasteiger partial charge in [0.1, 0.15) is 33.9 Å². The number of nitrogens with zero attached hydrogens (tertiary/aromatic N) is 3. The fraction of sp³-hybridized carbons (Fsp3) is 0.350. The van der Waals surface area contributed by atoms with Gasteiger partial charge in [0.25, 0.3) is 5.91 Å². The van der Waals surface area contributed by atoms with Crippen molar-refractivity contribution < 1.29 is 22.7 Å². The second-order valence-electron chi connectivity index (χ2n) is 7.41. The van der Waals surface area contributed by atoms with Crippen molar-refractivity contribution in [3.8, 4) is 10.6 Å². The topological polar surface area (TPSA) is 121 Å². The third-order valence-electron chi connectivity index (χ3n) is 5.26. The first-order valence-corrected chi connectivity index (χ1v) is 10.6. The van der Waals surface area contributed by atoms with E-state index in [1.165, 1.54) is 16.9 Å². The van der Waals surface area contributed by atoms with Gasteiger partial charge in [-0.1, -0.05) is 17.4 Å². The molecule has 0 aliphatic carbocycles. The summed E-state index contributed by atoms with van der Waals surface area (Å²) in [7, 11) is 1.64. The Balaban J connectivity index is 1.60. The molecule has 1 aromatic carbocycles. The van der Waals surface area contributed by atoms with E-state index in [1.54, 1.807) is 7.05 Å². The zero-order chi connectivity index (χ0) is 23.0. The number of carbonyl (C=O) groups is 1. The summed E-state index contributed by atoms with van der Waals surface area (Å²) in [5, 5.41) is 6.71. The lowest BCUT2D eigenvalue weighted by molar-refractivity contribution is 0.0458. The normalized spacial score (nSPS) is 21.3. The molecule has 12 heteroatoms. The molecule has 0 unspecified atom stereocenters. The predicted molar refractivity (Wildman–Crippen MR) is 114 cm³/mol. The number of nitrogens with one attached hydrogen (secondary N) is 1. The lowest BCUT2D eigenvalue weighted by Crippen LogP contribution is -2.31. The number of aromatic nitrogens is 3. The van der Waals surface area contributed by atoms with Crippen LogP contribution < -0.4 is 16.8 Å². The molecule has 2 aromatic heterocycles. The molecule has 0 saturated carbocycles. The quantitative estimate of drug-likeness (QED) is 0.543. The van der Waals surface area contributed by atoms with Gasteiger partial charge in [-0.25, -0.2) is 18.2 Å². The number of halogens is 3. The van der Waals surface area contributed by atoms with Crippen LogP contribution in [0.25, 0.3) is 10.6 Å². The van der Waals surface area contributed by atoms with Crippen molar-refractivity contribution >= 4 is 27.9 Å². The molecule has 170 valence electrons. The summed E-state index contributed by atoms with van der Waals surface area (Å²) in [5.74, 6) is -2.33. The zero-order valence-electron chi connectivity index (χ0n) is 17.0. The molecule has 1 aliphatic rings. The van der Waals surface area contributed by atoms with E-state index < -0.39 is 35.9 Å². The summed E-state index contributed by atoms with van der Waals surface area (Å²) in [4.78, 5) is 16.9. The number of thiazole rings is 1. The molecule has 32 heavy (non-hydrogen) atoms. The Kier molecular flexibility index (Phi) is 6.17. The van der Waals surface area contributed by atoms with E-state index in [-0.39, 0.29) is 40.0 Å². The second kappa shape index (κ2) is 8.88. The number of hydrogen-bond acceptors (Lipinski definition) is 7. The Bertz CT molecular complexity index is 1130. The van der Waals surface area contributed by atoms with Gasteiger partial charge in [-0.05, 0) is 18.6 Å². The van der Waals surface area contributed by atoms with Crippen LogP contribution in [0.15, 0.2) is 24.4 Å². The number of rotatable bonds is 4. The summed E-state index contributed by atoms with van der Waals surface area (Å²) >= 11 is 0.792. The lowest BCUT2D eigenvalue weighted by Gasteiger charge is -2.19. The average Bonchev–Trinajstić information content (AvgIpc) is 3.24. The van der Waals surface area contributed by atoms with Crippen LogP contribution in [0.3, 0.4) is 0 Å². The van der Waals surface area contributed by atoms with Gasteiger partial charge in [-0.3, -0.25) is 9.48 Å². The van der Waals surface area contributed by atoms with Gasteiger partial charge in [-0.2, -0.15) is 5.10 Å². The highest BCUT2D eigenvalue weighted by atomic mass is 32.1.